The predicted octanol–water partition coefficient (Wildman–Crippen LogP) is 2.09. The van der Waals surface area contributed by atoms with E-state index in [1.54, 1.807) is 11.1 Å². The Balaban J connectivity index is 1.52. The largest absolute Gasteiger partial charge is 0.490 e. The molecule has 1 N–H and O–H groups in total. The molecule has 7 heteroatoms. The van der Waals surface area contributed by atoms with Crippen molar-refractivity contribution >= 4 is 11.7 Å². The number of carbonyl (C=O) groups excluding carboxylic acids is 1. The summed E-state index contributed by atoms with van der Waals surface area (Å²) in [4.78, 5) is 16.6. The number of H-pyrrole nitrogens is 1. The number of likely N-dealkylation sites (tertiary alicyclic amines) is 1. The van der Waals surface area contributed by atoms with E-state index in [1.807, 2.05) is 29.2 Å². The number of rotatable bonds is 1. The second kappa shape index (κ2) is 5.89. The van der Waals surface area contributed by atoms with Gasteiger partial charge in [0.05, 0.1) is 18.4 Å². The fourth-order valence-electron chi connectivity index (χ4n) is 3.42. The van der Waals surface area contributed by atoms with Crippen molar-refractivity contribution in [3.63, 3.8) is 0 Å². The highest BCUT2D eigenvalue weighted by atomic mass is 16.5. The number of ether oxygens (including phenoxy) is 1. The first kappa shape index (κ1) is 14.6. The van der Waals surface area contributed by atoms with Crippen molar-refractivity contribution in [2.24, 2.45) is 0 Å². The molecular formula is C17H17N5O2. The molecule has 3 heterocycles. The van der Waals surface area contributed by atoms with Crippen molar-refractivity contribution < 1.29 is 9.53 Å². The molecule has 2 aliphatic rings. The van der Waals surface area contributed by atoms with Crippen LogP contribution in [0.15, 0.2) is 30.5 Å². The number of aromatic nitrogens is 2. The lowest BCUT2D eigenvalue weighted by molar-refractivity contribution is 0.209. The van der Waals surface area contributed by atoms with E-state index in [0.29, 0.717) is 31.9 Å². The van der Waals surface area contributed by atoms with Gasteiger partial charge in [-0.15, -0.1) is 0 Å². The summed E-state index contributed by atoms with van der Waals surface area (Å²) >= 11 is 0. The molecule has 0 spiro atoms. The van der Waals surface area contributed by atoms with Crippen molar-refractivity contribution in [1.82, 2.24) is 15.1 Å². The maximum atomic E-state index is 12.9. The van der Waals surface area contributed by atoms with Crippen LogP contribution in [0.1, 0.15) is 23.6 Å². The average molecular weight is 323 g/mol. The van der Waals surface area contributed by atoms with Gasteiger partial charge in [0.2, 0.25) is 0 Å². The molecule has 2 aromatic rings. The van der Waals surface area contributed by atoms with Crippen molar-refractivity contribution in [3.8, 4) is 11.8 Å². The van der Waals surface area contributed by atoms with Gasteiger partial charge >= 0.3 is 6.03 Å². The maximum Gasteiger partial charge on any atom is 0.324 e. The third kappa shape index (κ3) is 2.36. The lowest BCUT2D eigenvalue weighted by Gasteiger charge is -2.32. The number of nitrogens with one attached hydrogen (secondary N) is 1. The van der Waals surface area contributed by atoms with Gasteiger partial charge in [0, 0.05) is 24.6 Å². The van der Waals surface area contributed by atoms with E-state index in [2.05, 4.69) is 16.3 Å². The minimum Gasteiger partial charge on any atom is -0.490 e. The first-order valence-electron chi connectivity index (χ1n) is 7.99. The molecule has 0 saturated carbocycles. The maximum absolute atomic E-state index is 12.9. The number of fused-ring (bicyclic) bond motifs is 1. The number of nitriles is 1. The van der Waals surface area contributed by atoms with Gasteiger partial charge in [0.25, 0.3) is 0 Å². The number of hydrogen-bond donors (Lipinski definition) is 1. The van der Waals surface area contributed by atoms with Gasteiger partial charge < -0.3 is 9.64 Å². The second-order valence-corrected chi connectivity index (χ2v) is 5.99. The van der Waals surface area contributed by atoms with Gasteiger partial charge in [-0.25, -0.2) is 4.79 Å². The summed E-state index contributed by atoms with van der Waals surface area (Å²) in [5.74, 6) is 0.896. The van der Waals surface area contributed by atoms with E-state index in [-0.39, 0.29) is 11.9 Å². The Labute approximate surface area is 139 Å². The molecule has 24 heavy (non-hydrogen) atoms. The molecule has 4 rings (SSSR count). The third-order valence-electron chi connectivity index (χ3n) is 4.64. The highest BCUT2D eigenvalue weighted by Gasteiger charge is 2.34. The van der Waals surface area contributed by atoms with Crippen LogP contribution in [0.4, 0.5) is 10.5 Å². The number of carbonyl (C=O) groups is 1. The second-order valence-electron chi connectivity index (χ2n) is 5.99. The van der Waals surface area contributed by atoms with E-state index in [0.717, 1.165) is 23.4 Å². The summed E-state index contributed by atoms with van der Waals surface area (Å²) in [6.07, 6.45) is 2.53. The van der Waals surface area contributed by atoms with Gasteiger partial charge in [-0.3, -0.25) is 10.00 Å². The Bertz CT molecular complexity index is 809. The number of urea groups is 1. The molecule has 1 aromatic carbocycles. The number of hydrogen-bond acceptors (Lipinski definition) is 4. The molecule has 0 aliphatic carbocycles. The average Bonchev–Trinajstić information content (AvgIpc) is 3.29. The van der Waals surface area contributed by atoms with E-state index in [1.165, 1.54) is 0 Å². The number of aromatic amines is 1. The van der Waals surface area contributed by atoms with E-state index >= 15 is 0 Å². The molecule has 1 aromatic heterocycles. The normalized spacial score (nSPS) is 19.5. The van der Waals surface area contributed by atoms with Crippen LogP contribution in [0, 0.1) is 11.3 Å². The lowest BCUT2D eigenvalue weighted by Crippen LogP contribution is -2.45. The minimum atomic E-state index is -0.00440. The third-order valence-corrected chi connectivity index (χ3v) is 4.64. The number of benzene rings is 1. The van der Waals surface area contributed by atoms with Gasteiger partial charge in [-0.2, -0.15) is 10.4 Å². The molecular weight excluding hydrogens is 306 g/mol. The standard InChI is InChI=1S/C17H17N5O2/c18-9-14-13(10-19-20-14)12-5-6-21(11-12)17(23)22-7-8-24-16-4-2-1-3-15(16)22/h1-4,10,12H,5-8,11H2,(H,19,20). The Morgan fingerprint density at radius 1 is 1.38 bits per heavy atom. The van der Waals surface area contributed by atoms with Crippen molar-refractivity contribution in [2.75, 3.05) is 31.1 Å². The topological polar surface area (TPSA) is 85.2 Å². The summed E-state index contributed by atoms with van der Waals surface area (Å²) in [7, 11) is 0. The molecule has 1 fully saturated rings. The fraction of sp³-hybridized carbons (Fsp3) is 0.353. The minimum absolute atomic E-state index is 0.00440. The van der Waals surface area contributed by atoms with E-state index in [9.17, 15) is 4.79 Å². The van der Waals surface area contributed by atoms with Crippen LogP contribution >= 0.6 is 0 Å². The van der Waals surface area contributed by atoms with Crippen LogP contribution in [-0.2, 0) is 0 Å². The Hall–Kier alpha value is -3.01. The monoisotopic (exact) mass is 323 g/mol. The summed E-state index contributed by atoms with van der Waals surface area (Å²) in [5, 5.41) is 15.8. The zero-order chi connectivity index (χ0) is 16.5. The summed E-state index contributed by atoms with van der Waals surface area (Å²) in [6, 6.07) is 9.72. The number of para-hydroxylation sites is 2. The number of anilines is 1. The number of amides is 2. The molecule has 122 valence electrons. The molecule has 1 atom stereocenters. The quantitative estimate of drug-likeness (QED) is 0.871. The first-order chi connectivity index (χ1) is 11.8. The van der Waals surface area contributed by atoms with Crippen LogP contribution in [0.5, 0.6) is 5.75 Å². The van der Waals surface area contributed by atoms with Crippen LogP contribution in [0.25, 0.3) is 0 Å². The summed E-state index contributed by atoms with van der Waals surface area (Å²) in [5.41, 5.74) is 2.21. The van der Waals surface area contributed by atoms with Crippen LogP contribution < -0.4 is 9.64 Å². The van der Waals surface area contributed by atoms with Gasteiger partial charge in [0.1, 0.15) is 24.1 Å². The predicted molar refractivity (Wildman–Crippen MR) is 86.9 cm³/mol. The fourth-order valence-corrected chi connectivity index (χ4v) is 3.42. The van der Waals surface area contributed by atoms with Gasteiger partial charge in [0.15, 0.2) is 0 Å². The SMILES string of the molecule is N#Cc1[nH]ncc1C1CCN(C(=O)N2CCOc3ccccc32)C1. The van der Waals surface area contributed by atoms with Gasteiger partial charge in [-0.05, 0) is 18.6 Å². The highest BCUT2D eigenvalue weighted by Crippen LogP contribution is 2.34. The molecule has 0 radical (unpaired) electrons. The van der Waals surface area contributed by atoms with E-state index in [4.69, 9.17) is 10.00 Å². The Morgan fingerprint density at radius 3 is 3.12 bits per heavy atom. The number of nitrogens with zero attached hydrogens (tertiary/aromatic N) is 4. The Kier molecular flexibility index (Phi) is 3.58. The highest BCUT2D eigenvalue weighted by molar-refractivity contribution is 5.94. The van der Waals surface area contributed by atoms with Gasteiger partial charge in [-0.1, -0.05) is 12.1 Å². The lowest BCUT2D eigenvalue weighted by atomic mass is 9.99. The molecule has 7 nitrogen and oxygen atoms in total. The smallest absolute Gasteiger partial charge is 0.324 e. The zero-order valence-electron chi connectivity index (χ0n) is 13.1. The van der Waals surface area contributed by atoms with Crippen molar-refractivity contribution in [3.05, 3.63) is 41.7 Å². The summed E-state index contributed by atoms with van der Waals surface area (Å²) < 4.78 is 5.62. The van der Waals surface area contributed by atoms with Crippen molar-refractivity contribution in [1.29, 1.82) is 5.26 Å². The van der Waals surface area contributed by atoms with E-state index < -0.39 is 0 Å². The zero-order valence-corrected chi connectivity index (χ0v) is 13.1. The summed E-state index contributed by atoms with van der Waals surface area (Å²) in [6.45, 7) is 2.33. The van der Waals surface area contributed by atoms with Crippen molar-refractivity contribution in [2.45, 2.75) is 12.3 Å². The molecule has 1 unspecified atom stereocenters. The van der Waals surface area contributed by atoms with Crippen LogP contribution in [-0.4, -0.2) is 47.4 Å². The van der Waals surface area contributed by atoms with Crippen LogP contribution in [0.3, 0.4) is 0 Å². The first-order valence-corrected chi connectivity index (χ1v) is 7.99. The molecule has 2 aliphatic heterocycles. The Morgan fingerprint density at radius 2 is 2.25 bits per heavy atom. The molecule has 1 saturated heterocycles. The van der Waals surface area contributed by atoms with Crippen LogP contribution in [0.2, 0.25) is 0 Å². The molecule has 2 amide bonds. The molecule has 0 bridgehead atoms.